The van der Waals surface area contributed by atoms with Crippen molar-refractivity contribution in [3.05, 3.63) is 0 Å². The van der Waals surface area contributed by atoms with Crippen LogP contribution in [0.15, 0.2) is 0 Å². The first-order valence-electron chi connectivity index (χ1n) is 6.95. The van der Waals surface area contributed by atoms with Crippen molar-refractivity contribution >= 4 is 11.9 Å². The zero-order valence-corrected chi connectivity index (χ0v) is 13.9. The largest absolute Gasteiger partial charge is 0.481 e. The number of carboxylic acids is 2. The molecule has 0 heterocycles. The van der Waals surface area contributed by atoms with Crippen LogP contribution in [0.3, 0.4) is 0 Å². The fourth-order valence-electron chi connectivity index (χ4n) is 1.18. The molecule has 0 amide bonds. The van der Waals surface area contributed by atoms with E-state index in [9.17, 15) is 14.7 Å². The fraction of sp³-hybridized carbons (Fsp3) is 0.857. The highest BCUT2D eigenvalue weighted by molar-refractivity contribution is 5.73. The van der Waals surface area contributed by atoms with Gasteiger partial charge in [-0.1, -0.05) is 0 Å². The number of rotatable bonds is 9. The van der Waals surface area contributed by atoms with Crippen molar-refractivity contribution in [3.8, 4) is 0 Å². The molecule has 0 fully saturated rings. The van der Waals surface area contributed by atoms with E-state index in [0.29, 0.717) is 0 Å². The van der Waals surface area contributed by atoms with Crippen LogP contribution in [0.25, 0.3) is 0 Å². The maximum atomic E-state index is 11.3. The Morgan fingerprint density at radius 1 is 0.909 bits per heavy atom. The molecule has 8 heteroatoms. The lowest BCUT2D eigenvalue weighted by molar-refractivity contribution is -0.425. The molecule has 0 bridgehead atoms. The van der Waals surface area contributed by atoms with E-state index in [4.69, 9.17) is 24.7 Å². The minimum absolute atomic E-state index is 0.101. The van der Waals surface area contributed by atoms with E-state index in [2.05, 4.69) is 0 Å². The van der Waals surface area contributed by atoms with Gasteiger partial charge in [-0.15, -0.1) is 0 Å². The van der Waals surface area contributed by atoms with Crippen molar-refractivity contribution < 1.29 is 39.4 Å². The molecule has 0 aromatic carbocycles. The van der Waals surface area contributed by atoms with Gasteiger partial charge in [0.05, 0.1) is 11.2 Å². The van der Waals surface area contributed by atoms with Crippen molar-refractivity contribution in [2.24, 2.45) is 0 Å². The zero-order valence-electron chi connectivity index (χ0n) is 13.9. The average molecular weight is 322 g/mol. The first kappa shape index (κ1) is 20.8. The summed E-state index contributed by atoms with van der Waals surface area (Å²) in [7, 11) is 0. The minimum atomic E-state index is -1.51. The Morgan fingerprint density at radius 2 is 1.36 bits per heavy atom. The van der Waals surface area contributed by atoms with Crippen LogP contribution < -0.4 is 0 Å². The molecular weight excluding hydrogens is 296 g/mol. The molecule has 0 saturated heterocycles. The molecule has 0 rings (SSSR count). The fourth-order valence-corrected chi connectivity index (χ4v) is 1.18. The molecule has 8 nitrogen and oxygen atoms in total. The highest BCUT2D eigenvalue weighted by Crippen LogP contribution is 2.19. The molecular formula is C14H26O8. The van der Waals surface area contributed by atoms with Crippen LogP contribution in [-0.4, -0.2) is 45.6 Å². The van der Waals surface area contributed by atoms with Crippen LogP contribution in [0.1, 0.15) is 54.4 Å². The Labute approximate surface area is 130 Å². The van der Waals surface area contributed by atoms with Crippen molar-refractivity contribution in [1.82, 2.24) is 0 Å². The molecule has 2 atom stereocenters. The summed E-state index contributed by atoms with van der Waals surface area (Å²) in [5, 5.41) is 18.0. The van der Waals surface area contributed by atoms with Gasteiger partial charge in [0, 0.05) is 6.42 Å². The number of carboxylic acid groups (broad SMARTS) is 2. The predicted octanol–water partition coefficient (Wildman–Crippen LogP) is 2.17. The Morgan fingerprint density at radius 3 is 1.73 bits per heavy atom. The van der Waals surface area contributed by atoms with Gasteiger partial charge in [-0.05, 0) is 48.0 Å². The summed E-state index contributed by atoms with van der Waals surface area (Å²) in [5.41, 5.74) is -1.41. The lowest BCUT2D eigenvalue weighted by atomic mass is 10.1. The normalized spacial score (nSPS) is 15.4. The predicted molar refractivity (Wildman–Crippen MR) is 75.9 cm³/mol. The van der Waals surface area contributed by atoms with E-state index >= 15 is 0 Å². The molecule has 2 unspecified atom stereocenters. The van der Waals surface area contributed by atoms with Gasteiger partial charge < -0.3 is 10.2 Å². The molecule has 0 aliphatic heterocycles. The van der Waals surface area contributed by atoms with Crippen LogP contribution in [0.5, 0.6) is 0 Å². The third kappa shape index (κ3) is 10.5. The molecule has 0 aromatic rings. The molecule has 0 radical (unpaired) electrons. The van der Waals surface area contributed by atoms with Gasteiger partial charge in [0.1, 0.15) is 6.10 Å². The van der Waals surface area contributed by atoms with Gasteiger partial charge in [0.2, 0.25) is 6.10 Å². The molecule has 0 aromatic heterocycles. The van der Waals surface area contributed by atoms with Gasteiger partial charge in [0.15, 0.2) is 0 Å². The summed E-state index contributed by atoms with van der Waals surface area (Å²) < 4.78 is 0. The maximum Gasteiger partial charge on any atom is 0.339 e. The lowest BCUT2D eigenvalue weighted by Gasteiger charge is -2.28. The lowest BCUT2D eigenvalue weighted by Crippen LogP contribution is -2.42. The Balaban J connectivity index is 4.93. The van der Waals surface area contributed by atoms with Crippen LogP contribution in [0.4, 0.5) is 0 Å². The summed E-state index contributed by atoms with van der Waals surface area (Å²) in [6.45, 7) is 10.2. The minimum Gasteiger partial charge on any atom is -0.481 e. The van der Waals surface area contributed by atoms with Gasteiger partial charge >= 0.3 is 11.9 Å². The van der Waals surface area contributed by atoms with Gasteiger partial charge in [-0.3, -0.25) is 4.79 Å². The molecule has 0 aliphatic rings. The van der Waals surface area contributed by atoms with E-state index in [1.54, 1.807) is 41.5 Å². The maximum absolute atomic E-state index is 11.3. The van der Waals surface area contributed by atoms with Gasteiger partial charge in [0.25, 0.3) is 0 Å². The van der Waals surface area contributed by atoms with Gasteiger partial charge in [-0.2, -0.15) is 0 Å². The first-order valence-corrected chi connectivity index (χ1v) is 6.95. The Kier molecular flexibility index (Phi) is 7.96. The van der Waals surface area contributed by atoms with E-state index in [-0.39, 0.29) is 12.8 Å². The van der Waals surface area contributed by atoms with Crippen LogP contribution in [0.2, 0.25) is 0 Å². The standard InChI is InChI=1S/C14H26O8/c1-13(2,3)21-19-9(7-8-10(15)16)11(12(17)18)20-22-14(4,5)6/h9,11H,7-8H2,1-6H3,(H,15,16)(H,17,18). The zero-order chi connectivity index (χ0) is 17.6. The second-order valence-electron chi connectivity index (χ2n) is 6.81. The second-order valence-corrected chi connectivity index (χ2v) is 6.81. The van der Waals surface area contributed by atoms with E-state index in [1.165, 1.54) is 0 Å². The quantitative estimate of drug-likeness (QED) is 0.490. The van der Waals surface area contributed by atoms with Crippen LogP contribution in [0, 0.1) is 0 Å². The van der Waals surface area contributed by atoms with Crippen molar-refractivity contribution in [2.45, 2.75) is 77.8 Å². The van der Waals surface area contributed by atoms with E-state index in [0.717, 1.165) is 0 Å². The summed E-state index contributed by atoms with van der Waals surface area (Å²) >= 11 is 0. The number of aliphatic carboxylic acids is 2. The molecule has 0 saturated carbocycles. The molecule has 22 heavy (non-hydrogen) atoms. The summed E-state index contributed by atoms with van der Waals surface area (Å²) in [6, 6.07) is 0. The monoisotopic (exact) mass is 322 g/mol. The topological polar surface area (TPSA) is 112 Å². The Bertz CT molecular complexity index is 366. The highest BCUT2D eigenvalue weighted by atomic mass is 17.2. The van der Waals surface area contributed by atoms with E-state index < -0.39 is 35.3 Å². The van der Waals surface area contributed by atoms with E-state index in [1.807, 2.05) is 0 Å². The van der Waals surface area contributed by atoms with Crippen molar-refractivity contribution in [2.75, 3.05) is 0 Å². The SMILES string of the molecule is CC(C)(C)OOC(CCC(=O)O)C(OOC(C)(C)C)C(=O)O. The van der Waals surface area contributed by atoms with Crippen LogP contribution in [-0.2, 0) is 29.1 Å². The third-order valence-electron chi connectivity index (χ3n) is 2.05. The third-order valence-corrected chi connectivity index (χ3v) is 2.05. The smallest absolute Gasteiger partial charge is 0.339 e. The molecule has 0 aliphatic carbocycles. The number of carbonyl (C=O) groups is 2. The van der Waals surface area contributed by atoms with Crippen molar-refractivity contribution in [3.63, 3.8) is 0 Å². The average Bonchev–Trinajstić information content (AvgIpc) is 2.28. The summed E-state index contributed by atoms with van der Waals surface area (Å²) in [5.74, 6) is -2.41. The molecule has 130 valence electrons. The van der Waals surface area contributed by atoms with Gasteiger partial charge in [-0.25, -0.2) is 24.3 Å². The highest BCUT2D eigenvalue weighted by Gasteiger charge is 2.35. The number of hydrogen-bond acceptors (Lipinski definition) is 6. The second kappa shape index (κ2) is 8.42. The number of hydrogen-bond donors (Lipinski definition) is 2. The Hall–Kier alpha value is -1.22. The molecule has 2 N–H and O–H groups in total. The molecule has 0 spiro atoms. The van der Waals surface area contributed by atoms with Crippen LogP contribution >= 0.6 is 0 Å². The summed E-state index contributed by atoms with van der Waals surface area (Å²) in [6.07, 6.45) is -3.03. The summed E-state index contributed by atoms with van der Waals surface area (Å²) in [4.78, 5) is 42.2. The first-order chi connectivity index (χ1) is 9.82. The van der Waals surface area contributed by atoms with Crippen molar-refractivity contribution in [1.29, 1.82) is 0 Å².